The Balaban J connectivity index is 1.22. The summed E-state index contributed by atoms with van der Waals surface area (Å²) >= 11 is 7.54. The van der Waals surface area contributed by atoms with E-state index in [1.807, 2.05) is 4.90 Å². The molecule has 4 rings (SSSR count). The molecule has 29 heavy (non-hydrogen) atoms. The number of thiazole rings is 1. The van der Waals surface area contributed by atoms with E-state index in [1.54, 1.807) is 35.6 Å². The van der Waals surface area contributed by atoms with Gasteiger partial charge in [-0.2, -0.15) is 0 Å². The molecule has 2 saturated heterocycles. The number of halogens is 1. The van der Waals surface area contributed by atoms with E-state index in [2.05, 4.69) is 15.2 Å². The Bertz CT molecular complexity index is 802. The number of benzene rings is 1. The van der Waals surface area contributed by atoms with Crippen LogP contribution in [0.3, 0.4) is 0 Å². The van der Waals surface area contributed by atoms with Gasteiger partial charge in [0.1, 0.15) is 5.75 Å². The summed E-state index contributed by atoms with van der Waals surface area (Å²) < 4.78 is 11.0. The standard InChI is InChI=1S/C20H25ClN4O3S/c21-16-1-3-18(4-2-16)28-14-19(26)24-5-7-25(8-6-24)20-22-17(15-29-20)13-23-9-11-27-12-10-23/h1-4,15H,5-14H2. The van der Waals surface area contributed by atoms with Crippen molar-refractivity contribution in [1.82, 2.24) is 14.8 Å². The summed E-state index contributed by atoms with van der Waals surface area (Å²) in [4.78, 5) is 23.7. The lowest BCUT2D eigenvalue weighted by molar-refractivity contribution is -0.133. The molecule has 0 aliphatic carbocycles. The number of anilines is 1. The molecular weight excluding hydrogens is 412 g/mol. The third-order valence-electron chi connectivity index (χ3n) is 5.11. The fourth-order valence-corrected chi connectivity index (χ4v) is 4.41. The summed E-state index contributed by atoms with van der Waals surface area (Å²) in [5.74, 6) is 0.656. The third-order valence-corrected chi connectivity index (χ3v) is 6.31. The van der Waals surface area contributed by atoms with Gasteiger partial charge in [0.25, 0.3) is 5.91 Å². The van der Waals surface area contributed by atoms with E-state index < -0.39 is 0 Å². The molecule has 0 spiro atoms. The SMILES string of the molecule is O=C(COc1ccc(Cl)cc1)N1CCN(c2nc(CN3CCOCC3)cs2)CC1. The molecule has 1 aromatic carbocycles. The number of carbonyl (C=O) groups excluding carboxylic acids is 1. The van der Waals surface area contributed by atoms with Crippen LogP contribution in [0.25, 0.3) is 0 Å². The molecule has 1 amide bonds. The quantitative estimate of drug-likeness (QED) is 0.692. The molecular formula is C20H25ClN4O3S. The molecule has 1 aromatic heterocycles. The molecule has 7 nitrogen and oxygen atoms in total. The average molecular weight is 437 g/mol. The van der Waals surface area contributed by atoms with Crippen LogP contribution < -0.4 is 9.64 Å². The highest BCUT2D eigenvalue weighted by atomic mass is 35.5. The van der Waals surface area contributed by atoms with Gasteiger partial charge < -0.3 is 19.3 Å². The Labute approximate surface area is 179 Å². The molecule has 0 bridgehead atoms. The van der Waals surface area contributed by atoms with Crippen molar-refractivity contribution in [2.45, 2.75) is 6.54 Å². The average Bonchev–Trinajstić information content (AvgIpc) is 3.22. The third kappa shape index (κ3) is 5.60. The maximum Gasteiger partial charge on any atom is 0.260 e. The zero-order chi connectivity index (χ0) is 20.1. The van der Waals surface area contributed by atoms with Gasteiger partial charge >= 0.3 is 0 Å². The minimum Gasteiger partial charge on any atom is -0.484 e. The number of hydrogen-bond acceptors (Lipinski definition) is 7. The highest BCUT2D eigenvalue weighted by Crippen LogP contribution is 2.23. The zero-order valence-corrected chi connectivity index (χ0v) is 17.8. The highest BCUT2D eigenvalue weighted by molar-refractivity contribution is 7.13. The molecule has 0 N–H and O–H groups in total. The number of rotatable bonds is 6. The largest absolute Gasteiger partial charge is 0.484 e. The first kappa shape index (κ1) is 20.4. The van der Waals surface area contributed by atoms with Crippen molar-refractivity contribution in [2.75, 3.05) is 64.0 Å². The summed E-state index contributed by atoms with van der Waals surface area (Å²) in [6, 6.07) is 7.04. The van der Waals surface area contributed by atoms with E-state index >= 15 is 0 Å². The van der Waals surface area contributed by atoms with Crippen LogP contribution in [0.1, 0.15) is 5.69 Å². The van der Waals surface area contributed by atoms with Crippen LogP contribution in [0, 0.1) is 0 Å². The van der Waals surface area contributed by atoms with Gasteiger partial charge in [-0.3, -0.25) is 9.69 Å². The summed E-state index contributed by atoms with van der Waals surface area (Å²) in [6.45, 7) is 7.39. The van der Waals surface area contributed by atoms with Gasteiger partial charge in [0.05, 0.1) is 18.9 Å². The van der Waals surface area contributed by atoms with Crippen molar-refractivity contribution in [3.63, 3.8) is 0 Å². The Morgan fingerprint density at radius 1 is 1.10 bits per heavy atom. The van der Waals surface area contributed by atoms with Crippen molar-refractivity contribution in [3.05, 3.63) is 40.4 Å². The number of piperazine rings is 1. The first-order valence-electron chi connectivity index (χ1n) is 9.83. The predicted molar refractivity (Wildman–Crippen MR) is 114 cm³/mol. The van der Waals surface area contributed by atoms with E-state index in [9.17, 15) is 4.79 Å². The Hall–Kier alpha value is -1.87. The molecule has 2 fully saturated rings. The maximum atomic E-state index is 12.4. The summed E-state index contributed by atoms with van der Waals surface area (Å²) in [5, 5.41) is 3.83. The number of morpholine rings is 1. The fraction of sp³-hybridized carbons (Fsp3) is 0.500. The van der Waals surface area contributed by atoms with Crippen molar-refractivity contribution in [1.29, 1.82) is 0 Å². The molecule has 3 heterocycles. The van der Waals surface area contributed by atoms with Crippen molar-refractivity contribution < 1.29 is 14.3 Å². The molecule has 156 valence electrons. The van der Waals surface area contributed by atoms with E-state index in [0.29, 0.717) is 23.9 Å². The lowest BCUT2D eigenvalue weighted by Gasteiger charge is -2.34. The van der Waals surface area contributed by atoms with Crippen LogP contribution in [-0.2, 0) is 16.1 Å². The fourth-order valence-electron chi connectivity index (χ4n) is 3.42. The summed E-state index contributed by atoms with van der Waals surface area (Å²) in [5.41, 5.74) is 1.11. The zero-order valence-electron chi connectivity index (χ0n) is 16.3. The van der Waals surface area contributed by atoms with Gasteiger partial charge in [-0.05, 0) is 24.3 Å². The van der Waals surface area contributed by atoms with Crippen molar-refractivity contribution >= 4 is 34.0 Å². The van der Waals surface area contributed by atoms with Gasteiger partial charge in [0.2, 0.25) is 0 Å². The second-order valence-electron chi connectivity index (χ2n) is 7.12. The van der Waals surface area contributed by atoms with Gasteiger partial charge in [-0.1, -0.05) is 11.6 Å². The second-order valence-corrected chi connectivity index (χ2v) is 8.39. The lowest BCUT2D eigenvalue weighted by atomic mass is 10.3. The van der Waals surface area contributed by atoms with E-state index in [-0.39, 0.29) is 12.5 Å². The molecule has 2 aliphatic rings. The summed E-state index contributed by atoms with van der Waals surface area (Å²) in [7, 11) is 0. The molecule has 9 heteroatoms. The number of nitrogens with zero attached hydrogens (tertiary/aromatic N) is 4. The monoisotopic (exact) mass is 436 g/mol. The lowest BCUT2D eigenvalue weighted by Crippen LogP contribution is -2.50. The second kappa shape index (κ2) is 9.75. The maximum absolute atomic E-state index is 12.4. The minimum absolute atomic E-state index is 0.00625. The van der Waals surface area contributed by atoms with Gasteiger partial charge in [0, 0.05) is 56.2 Å². The topological polar surface area (TPSA) is 58.1 Å². The molecule has 2 aromatic rings. The van der Waals surface area contributed by atoms with Crippen LogP contribution in [0.5, 0.6) is 5.75 Å². The van der Waals surface area contributed by atoms with Crippen LogP contribution in [-0.4, -0.2) is 79.8 Å². The van der Waals surface area contributed by atoms with Crippen LogP contribution >= 0.6 is 22.9 Å². The normalized spacial score (nSPS) is 18.1. The van der Waals surface area contributed by atoms with Gasteiger partial charge in [0.15, 0.2) is 11.7 Å². The molecule has 2 aliphatic heterocycles. The number of amides is 1. The van der Waals surface area contributed by atoms with E-state index in [4.69, 9.17) is 26.1 Å². The van der Waals surface area contributed by atoms with Crippen LogP contribution in [0.2, 0.25) is 5.02 Å². The van der Waals surface area contributed by atoms with E-state index in [1.165, 1.54) is 0 Å². The van der Waals surface area contributed by atoms with Crippen molar-refractivity contribution in [2.24, 2.45) is 0 Å². The highest BCUT2D eigenvalue weighted by Gasteiger charge is 2.23. The van der Waals surface area contributed by atoms with Gasteiger partial charge in [-0.25, -0.2) is 4.98 Å². The molecule has 0 unspecified atom stereocenters. The van der Waals surface area contributed by atoms with Crippen LogP contribution in [0.15, 0.2) is 29.6 Å². The Morgan fingerprint density at radius 3 is 2.55 bits per heavy atom. The number of ether oxygens (including phenoxy) is 2. The Morgan fingerprint density at radius 2 is 1.83 bits per heavy atom. The number of hydrogen-bond donors (Lipinski definition) is 0. The summed E-state index contributed by atoms with van der Waals surface area (Å²) in [6.07, 6.45) is 0. The van der Waals surface area contributed by atoms with E-state index in [0.717, 1.165) is 56.8 Å². The molecule has 0 saturated carbocycles. The molecule has 0 atom stereocenters. The number of carbonyl (C=O) groups is 1. The predicted octanol–water partition coefficient (Wildman–Crippen LogP) is 2.36. The smallest absolute Gasteiger partial charge is 0.260 e. The molecule has 0 radical (unpaired) electrons. The van der Waals surface area contributed by atoms with Gasteiger partial charge in [-0.15, -0.1) is 11.3 Å². The van der Waals surface area contributed by atoms with Crippen molar-refractivity contribution in [3.8, 4) is 5.75 Å². The van der Waals surface area contributed by atoms with Crippen LogP contribution in [0.4, 0.5) is 5.13 Å². The first-order chi connectivity index (χ1) is 14.2. The number of aromatic nitrogens is 1. The Kier molecular flexibility index (Phi) is 6.86. The first-order valence-corrected chi connectivity index (χ1v) is 11.1. The minimum atomic E-state index is 0.00625.